The highest BCUT2D eigenvalue weighted by Gasteiger charge is 2.33. The van der Waals surface area contributed by atoms with Gasteiger partial charge in [-0.15, -0.1) is 24.8 Å². The largest absolute Gasteiger partial charge is 0.354 e. The molecule has 1 aromatic carbocycles. The quantitative estimate of drug-likeness (QED) is 0.715. The Morgan fingerprint density at radius 2 is 1.71 bits per heavy atom. The minimum atomic E-state index is -0.462. The summed E-state index contributed by atoms with van der Waals surface area (Å²) in [6.07, 6.45) is 1.48. The van der Waals surface area contributed by atoms with Crippen molar-refractivity contribution in [3.63, 3.8) is 0 Å². The number of carbonyl (C=O) groups excluding carboxylic acids is 1. The van der Waals surface area contributed by atoms with Gasteiger partial charge in [0.05, 0.1) is 5.41 Å². The van der Waals surface area contributed by atoms with Gasteiger partial charge in [-0.25, -0.2) is 0 Å². The van der Waals surface area contributed by atoms with Gasteiger partial charge in [-0.3, -0.25) is 4.79 Å². The molecule has 1 aromatic rings. The first kappa shape index (κ1) is 22.5. The summed E-state index contributed by atoms with van der Waals surface area (Å²) in [7, 11) is 0. The van der Waals surface area contributed by atoms with Crippen molar-refractivity contribution >= 4 is 30.7 Å². The van der Waals surface area contributed by atoms with Gasteiger partial charge in [0.2, 0.25) is 5.91 Å². The predicted octanol–water partition coefficient (Wildman–Crippen LogP) is 2.41. The summed E-state index contributed by atoms with van der Waals surface area (Å²) in [4.78, 5) is 12.2. The fourth-order valence-corrected chi connectivity index (χ4v) is 2.16. The maximum Gasteiger partial charge on any atom is 0.227 e. The zero-order valence-corrected chi connectivity index (χ0v) is 14.3. The third-order valence-corrected chi connectivity index (χ3v) is 3.94. The predicted molar refractivity (Wildman–Crippen MR) is 92.9 cm³/mol. The van der Waals surface area contributed by atoms with Crippen molar-refractivity contribution in [3.05, 3.63) is 35.9 Å². The third kappa shape index (κ3) is 5.83. The fraction of sp³-hybridized carbons (Fsp3) is 0.533. The number of hydrogen-bond acceptors (Lipinski definition) is 3. The van der Waals surface area contributed by atoms with Crippen molar-refractivity contribution in [1.29, 1.82) is 0 Å². The zero-order chi connectivity index (χ0) is 14.3. The standard InChI is InChI=1S/C15H25N3O.2ClH/c1-3-15(4-2,11-16)14(19)18-10-13(17)12-8-6-5-7-9-12;;/h5-9,13H,3-4,10-11,16-17H2,1-2H3,(H,18,19);2*1H. The molecule has 1 atom stereocenters. The van der Waals surface area contributed by atoms with E-state index in [1.54, 1.807) is 0 Å². The molecule has 0 aromatic heterocycles. The van der Waals surface area contributed by atoms with Crippen molar-refractivity contribution in [1.82, 2.24) is 5.32 Å². The number of nitrogens with two attached hydrogens (primary N) is 2. The molecule has 1 amide bonds. The molecule has 0 spiro atoms. The molecule has 0 saturated carbocycles. The van der Waals surface area contributed by atoms with Gasteiger partial charge in [0.1, 0.15) is 0 Å². The molecular formula is C15H27Cl2N3O. The lowest BCUT2D eigenvalue weighted by molar-refractivity contribution is -0.131. The highest BCUT2D eigenvalue weighted by molar-refractivity contribution is 5.85. The normalized spacial score (nSPS) is 11.8. The summed E-state index contributed by atoms with van der Waals surface area (Å²) in [6, 6.07) is 9.58. The minimum Gasteiger partial charge on any atom is -0.354 e. The Morgan fingerprint density at radius 1 is 1.19 bits per heavy atom. The van der Waals surface area contributed by atoms with Crippen LogP contribution in [0.1, 0.15) is 38.3 Å². The average Bonchev–Trinajstić information content (AvgIpc) is 2.48. The van der Waals surface area contributed by atoms with Gasteiger partial charge in [0, 0.05) is 19.1 Å². The van der Waals surface area contributed by atoms with Crippen LogP contribution in [0.4, 0.5) is 0 Å². The van der Waals surface area contributed by atoms with Crippen molar-refractivity contribution < 1.29 is 4.79 Å². The molecule has 6 heteroatoms. The van der Waals surface area contributed by atoms with E-state index in [4.69, 9.17) is 11.5 Å². The number of nitrogens with one attached hydrogen (secondary N) is 1. The van der Waals surface area contributed by atoms with Gasteiger partial charge in [-0.1, -0.05) is 44.2 Å². The second kappa shape index (κ2) is 10.9. The maximum atomic E-state index is 12.2. The van der Waals surface area contributed by atoms with Crippen LogP contribution in [-0.4, -0.2) is 19.0 Å². The average molecular weight is 336 g/mol. The Labute approximate surface area is 139 Å². The van der Waals surface area contributed by atoms with Crippen molar-refractivity contribution in [2.24, 2.45) is 16.9 Å². The second-order valence-corrected chi connectivity index (χ2v) is 4.92. The first-order chi connectivity index (χ1) is 9.09. The Hall–Kier alpha value is -0.810. The number of amides is 1. The molecule has 1 rings (SSSR count). The van der Waals surface area contributed by atoms with Gasteiger partial charge in [0.15, 0.2) is 0 Å². The van der Waals surface area contributed by atoms with Crippen LogP contribution < -0.4 is 16.8 Å². The highest BCUT2D eigenvalue weighted by atomic mass is 35.5. The van der Waals surface area contributed by atoms with Crippen LogP contribution in [0, 0.1) is 5.41 Å². The smallest absolute Gasteiger partial charge is 0.227 e. The van der Waals surface area contributed by atoms with E-state index in [0.717, 1.165) is 18.4 Å². The molecule has 0 fully saturated rings. The number of halogens is 2. The van der Waals surface area contributed by atoms with E-state index in [2.05, 4.69) is 5.32 Å². The van der Waals surface area contributed by atoms with E-state index in [-0.39, 0.29) is 36.8 Å². The topological polar surface area (TPSA) is 81.1 Å². The van der Waals surface area contributed by atoms with Gasteiger partial charge >= 0.3 is 0 Å². The summed E-state index contributed by atoms with van der Waals surface area (Å²) in [5.74, 6) is 0.00591. The van der Waals surface area contributed by atoms with E-state index in [0.29, 0.717) is 13.1 Å². The van der Waals surface area contributed by atoms with E-state index < -0.39 is 5.41 Å². The number of hydrogen-bond donors (Lipinski definition) is 3. The summed E-state index contributed by atoms with van der Waals surface area (Å²) in [5, 5.41) is 2.93. The van der Waals surface area contributed by atoms with Crippen LogP contribution >= 0.6 is 24.8 Å². The fourth-order valence-electron chi connectivity index (χ4n) is 2.16. The number of carbonyl (C=O) groups is 1. The van der Waals surface area contributed by atoms with Crippen LogP contribution in [0.25, 0.3) is 0 Å². The van der Waals surface area contributed by atoms with Crippen LogP contribution in [0.15, 0.2) is 30.3 Å². The lowest BCUT2D eigenvalue weighted by Crippen LogP contribution is -2.47. The number of benzene rings is 1. The molecule has 0 radical (unpaired) electrons. The molecule has 0 heterocycles. The summed E-state index contributed by atoms with van der Waals surface area (Å²) in [5.41, 5.74) is 12.4. The molecule has 1 unspecified atom stereocenters. The Kier molecular flexibility index (Phi) is 11.6. The minimum absolute atomic E-state index is 0. The van der Waals surface area contributed by atoms with Crippen LogP contribution in [-0.2, 0) is 4.79 Å². The molecule has 21 heavy (non-hydrogen) atoms. The Balaban J connectivity index is 0. The maximum absolute atomic E-state index is 12.2. The van der Waals surface area contributed by atoms with Gasteiger partial charge in [-0.2, -0.15) is 0 Å². The summed E-state index contributed by atoms with van der Waals surface area (Å²) < 4.78 is 0. The molecule has 122 valence electrons. The molecule has 0 aliphatic carbocycles. The Morgan fingerprint density at radius 3 is 2.14 bits per heavy atom. The first-order valence-corrected chi connectivity index (χ1v) is 6.88. The lowest BCUT2D eigenvalue weighted by Gasteiger charge is -2.29. The van der Waals surface area contributed by atoms with Crippen LogP contribution in [0.2, 0.25) is 0 Å². The van der Waals surface area contributed by atoms with Crippen molar-refractivity contribution in [2.45, 2.75) is 32.7 Å². The van der Waals surface area contributed by atoms with Crippen LogP contribution in [0.3, 0.4) is 0 Å². The molecular weight excluding hydrogens is 309 g/mol. The monoisotopic (exact) mass is 335 g/mol. The zero-order valence-electron chi connectivity index (χ0n) is 12.7. The molecule has 0 aliphatic rings. The van der Waals surface area contributed by atoms with E-state index in [1.807, 2.05) is 44.2 Å². The van der Waals surface area contributed by atoms with E-state index >= 15 is 0 Å². The van der Waals surface area contributed by atoms with Crippen molar-refractivity contribution in [3.8, 4) is 0 Å². The van der Waals surface area contributed by atoms with E-state index in [9.17, 15) is 4.79 Å². The summed E-state index contributed by atoms with van der Waals surface area (Å²) in [6.45, 7) is 4.79. The number of rotatable bonds is 7. The summed E-state index contributed by atoms with van der Waals surface area (Å²) >= 11 is 0. The first-order valence-electron chi connectivity index (χ1n) is 6.88. The molecule has 5 N–H and O–H groups in total. The molecule has 0 saturated heterocycles. The molecule has 0 bridgehead atoms. The van der Waals surface area contributed by atoms with Gasteiger partial charge < -0.3 is 16.8 Å². The van der Waals surface area contributed by atoms with Gasteiger partial charge in [0.25, 0.3) is 0 Å². The lowest BCUT2D eigenvalue weighted by atomic mass is 9.81. The second-order valence-electron chi connectivity index (χ2n) is 4.92. The highest BCUT2D eigenvalue weighted by Crippen LogP contribution is 2.25. The molecule has 4 nitrogen and oxygen atoms in total. The Bertz CT molecular complexity index is 389. The molecule has 0 aliphatic heterocycles. The van der Waals surface area contributed by atoms with Crippen LogP contribution in [0.5, 0.6) is 0 Å². The third-order valence-electron chi connectivity index (χ3n) is 3.94. The van der Waals surface area contributed by atoms with Crippen molar-refractivity contribution in [2.75, 3.05) is 13.1 Å². The van der Waals surface area contributed by atoms with Gasteiger partial charge in [-0.05, 0) is 18.4 Å². The van der Waals surface area contributed by atoms with E-state index in [1.165, 1.54) is 0 Å². The SMILES string of the molecule is CCC(CC)(CN)C(=O)NCC(N)c1ccccc1.Cl.Cl.